The smallest absolute Gasteiger partial charge is 0.123 e. The zero-order chi connectivity index (χ0) is 11.5. The molecular formula is C12H14FN3. The number of aryl methyl sites for hydroxylation is 2. The minimum absolute atomic E-state index is 0.208. The topological polar surface area (TPSA) is 40.7 Å². The van der Waals surface area contributed by atoms with Crippen molar-refractivity contribution in [3.8, 4) is 0 Å². The van der Waals surface area contributed by atoms with Gasteiger partial charge < -0.3 is 5.32 Å². The summed E-state index contributed by atoms with van der Waals surface area (Å²) in [6.07, 6.45) is 0. The zero-order valence-corrected chi connectivity index (χ0v) is 9.34. The quantitative estimate of drug-likeness (QED) is 0.833. The molecule has 0 radical (unpaired) electrons. The van der Waals surface area contributed by atoms with Crippen LogP contribution in [0.2, 0.25) is 0 Å². The van der Waals surface area contributed by atoms with Crippen LogP contribution in [0.4, 0.5) is 10.1 Å². The van der Waals surface area contributed by atoms with E-state index in [4.69, 9.17) is 0 Å². The fourth-order valence-corrected chi connectivity index (χ4v) is 1.65. The summed E-state index contributed by atoms with van der Waals surface area (Å²) in [5.41, 5.74) is 3.83. The second kappa shape index (κ2) is 4.35. The minimum atomic E-state index is -0.208. The Kier molecular flexibility index (Phi) is 2.90. The number of hydrogen-bond donors (Lipinski definition) is 2. The van der Waals surface area contributed by atoms with Gasteiger partial charge in [-0.1, -0.05) is 12.1 Å². The Morgan fingerprint density at radius 3 is 2.81 bits per heavy atom. The second-order valence-corrected chi connectivity index (χ2v) is 3.79. The number of aromatic nitrogens is 2. The molecule has 2 aromatic rings. The Hall–Kier alpha value is -1.84. The molecule has 0 spiro atoms. The van der Waals surface area contributed by atoms with Gasteiger partial charge in [0, 0.05) is 6.54 Å². The molecule has 0 saturated carbocycles. The second-order valence-electron chi connectivity index (χ2n) is 3.79. The van der Waals surface area contributed by atoms with E-state index >= 15 is 0 Å². The maximum Gasteiger partial charge on any atom is 0.123 e. The lowest BCUT2D eigenvalue weighted by molar-refractivity contribution is 0.626. The SMILES string of the molecule is Cc1n[nH]c(C)c1NCc1cccc(F)c1. The molecule has 3 nitrogen and oxygen atoms in total. The molecule has 4 heteroatoms. The van der Waals surface area contributed by atoms with Gasteiger partial charge in [0.25, 0.3) is 0 Å². The summed E-state index contributed by atoms with van der Waals surface area (Å²) in [6, 6.07) is 6.57. The lowest BCUT2D eigenvalue weighted by atomic mass is 10.2. The molecule has 0 amide bonds. The fourth-order valence-electron chi connectivity index (χ4n) is 1.65. The van der Waals surface area contributed by atoms with Crippen LogP contribution in [0, 0.1) is 19.7 Å². The molecule has 0 bridgehead atoms. The van der Waals surface area contributed by atoms with E-state index in [1.165, 1.54) is 12.1 Å². The first kappa shape index (κ1) is 10.7. The van der Waals surface area contributed by atoms with Crippen LogP contribution in [0.3, 0.4) is 0 Å². The molecule has 16 heavy (non-hydrogen) atoms. The Balaban J connectivity index is 2.08. The lowest BCUT2D eigenvalue weighted by Crippen LogP contribution is -2.01. The number of nitrogens with one attached hydrogen (secondary N) is 2. The molecule has 84 valence electrons. The molecule has 1 heterocycles. The maximum absolute atomic E-state index is 12.9. The van der Waals surface area contributed by atoms with Crippen molar-refractivity contribution in [3.05, 3.63) is 47.0 Å². The average molecular weight is 219 g/mol. The zero-order valence-electron chi connectivity index (χ0n) is 9.34. The molecule has 1 aromatic heterocycles. The molecule has 0 aliphatic carbocycles. The molecule has 0 atom stereocenters. The van der Waals surface area contributed by atoms with Gasteiger partial charge >= 0.3 is 0 Å². The van der Waals surface area contributed by atoms with E-state index in [-0.39, 0.29) is 5.82 Å². The van der Waals surface area contributed by atoms with Crippen LogP contribution in [0.1, 0.15) is 17.0 Å². The average Bonchev–Trinajstić information content (AvgIpc) is 2.56. The van der Waals surface area contributed by atoms with E-state index in [1.807, 2.05) is 19.9 Å². The van der Waals surface area contributed by atoms with E-state index < -0.39 is 0 Å². The summed E-state index contributed by atoms with van der Waals surface area (Å²) < 4.78 is 12.9. The number of anilines is 1. The van der Waals surface area contributed by atoms with Crippen molar-refractivity contribution >= 4 is 5.69 Å². The molecule has 0 fully saturated rings. The Bertz CT molecular complexity index is 471. The first-order valence-electron chi connectivity index (χ1n) is 5.16. The number of aromatic amines is 1. The maximum atomic E-state index is 12.9. The van der Waals surface area contributed by atoms with Crippen LogP contribution in [0.5, 0.6) is 0 Å². The first-order chi connectivity index (χ1) is 7.66. The third-order valence-electron chi connectivity index (χ3n) is 2.49. The van der Waals surface area contributed by atoms with Crippen molar-refractivity contribution < 1.29 is 4.39 Å². The molecule has 0 unspecified atom stereocenters. The van der Waals surface area contributed by atoms with Crippen LogP contribution in [0.25, 0.3) is 0 Å². The Morgan fingerprint density at radius 2 is 2.19 bits per heavy atom. The summed E-state index contributed by atoms with van der Waals surface area (Å²) in [7, 11) is 0. The summed E-state index contributed by atoms with van der Waals surface area (Å²) >= 11 is 0. The van der Waals surface area contributed by atoms with Gasteiger partial charge in [-0.05, 0) is 31.5 Å². The number of rotatable bonds is 3. The molecule has 2 N–H and O–H groups in total. The molecular weight excluding hydrogens is 205 g/mol. The molecule has 0 aliphatic rings. The molecule has 0 saturated heterocycles. The largest absolute Gasteiger partial charge is 0.378 e. The summed E-state index contributed by atoms with van der Waals surface area (Å²) in [5.74, 6) is -0.208. The van der Waals surface area contributed by atoms with Crippen molar-refractivity contribution in [2.75, 3.05) is 5.32 Å². The summed E-state index contributed by atoms with van der Waals surface area (Å²) in [4.78, 5) is 0. The Morgan fingerprint density at radius 1 is 1.38 bits per heavy atom. The van der Waals surface area contributed by atoms with Crippen molar-refractivity contribution in [1.29, 1.82) is 0 Å². The van der Waals surface area contributed by atoms with Crippen molar-refractivity contribution in [2.24, 2.45) is 0 Å². The van der Waals surface area contributed by atoms with Crippen LogP contribution in [-0.4, -0.2) is 10.2 Å². The van der Waals surface area contributed by atoms with Gasteiger partial charge in [-0.2, -0.15) is 5.10 Å². The van der Waals surface area contributed by atoms with Gasteiger partial charge in [0.2, 0.25) is 0 Å². The van der Waals surface area contributed by atoms with Crippen molar-refractivity contribution in [3.63, 3.8) is 0 Å². The van der Waals surface area contributed by atoms with Gasteiger partial charge in [-0.25, -0.2) is 4.39 Å². The van der Waals surface area contributed by atoms with Gasteiger partial charge in [0.1, 0.15) is 5.82 Å². The van der Waals surface area contributed by atoms with E-state index in [9.17, 15) is 4.39 Å². The van der Waals surface area contributed by atoms with Gasteiger partial charge in [-0.15, -0.1) is 0 Å². The van der Waals surface area contributed by atoms with Gasteiger partial charge in [-0.3, -0.25) is 5.10 Å². The number of H-pyrrole nitrogens is 1. The standard InChI is InChI=1S/C12H14FN3/c1-8-12(9(2)16-15-8)14-7-10-4-3-5-11(13)6-10/h3-6,14H,7H2,1-2H3,(H,15,16). The van der Waals surface area contributed by atoms with Gasteiger partial charge in [0.15, 0.2) is 0 Å². The highest BCUT2D eigenvalue weighted by atomic mass is 19.1. The number of hydrogen-bond acceptors (Lipinski definition) is 2. The lowest BCUT2D eigenvalue weighted by Gasteiger charge is -2.06. The van der Waals surface area contributed by atoms with E-state index in [2.05, 4.69) is 15.5 Å². The van der Waals surface area contributed by atoms with E-state index in [1.54, 1.807) is 6.07 Å². The molecule has 2 rings (SSSR count). The first-order valence-corrected chi connectivity index (χ1v) is 5.16. The highest BCUT2D eigenvalue weighted by molar-refractivity contribution is 5.51. The minimum Gasteiger partial charge on any atom is -0.378 e. The van der Waals surface area contributed by atoms with Crippen LogP contribution in [0.15, 0.2) is 24.3 Å². The predicted molar refractivity (Wildman–Crippen MR) is 61.8 cm³/mol. The van der Waals surface area contributed by atoms with E-state index in [0.717, 1.165) is 22.6 Å². The van der Waals surface area contributed by atoms with Crippen molar-refractivity contribution in [2.45, 2.75) is 20.4 Å². The number of nitrogens with zero attached hydrogens (tertiary/aromatic N) is 1. The van der Waals surface area contributed by atoms with Gasteiger partial charge in [0.05, 0.1) is 17.1 Å². The van der Waals surface area contributed by atoms with Crippen LogP contribution in [-0.2, 0) is 6.54 Å². The fraction of sp³-hybridized carbons (Fsp3) is 0.250. The van der Waals surface area contributed by atoms with Crippen molar-refractivity contribution in [1.82, 2.24) is 10.2 Å². The van der Waals surface area contributed by atoms with Crippen LogP contribution < -0.4 is 5.32 Å². The Labute approximate surface area is 93.7 Å². The normalized spacial score (nSPS) is 10.4. The van der Waals surface area contributed by atoms with E-state index in [0.29, 0.717) is 6.54 Å². The number of benzene rings is 1. The third kappa shape index (κ3) is 2.21. The monoisotopic (exact) mass is 219 g/mol. The predicted octanol–water partition coefficient (Wildman–Crippen LogP) is 2.78. The third-order valence-corrected chi connectivity index (χ3v) is 2.49. The molecule has 0 aliphatic heterocycles. The highest BCUT2D eigenvalue weighted by Crippen LogP contribution is 2.17. The molecule has 1 aromatic carbocycles. The summed E-state index contributed by atoms with van der Waals surface area (Å²) in [5, 5.41) is 10.2. The number of halogens is 1. The summed E-state index contributed by atoms with van der Waals surface area (Å²) in [6.45, 7) is 4.48. The van der Waals surface area contributed by atoms with Crippen LogP contribution >= 0.6 is 0 Å². The highest BCUT2D eigenvalue weighted by Gasteiger charge is 2.05.